The SMILES string of the molecule is COCCOCCN1CC23CC4C=c5cc6cc7cc8cc9c%10c%11c%12c(c%13c%14c%15c(c5c5c6c7c6c8c%10c(c%12%14)c6c%155)C4C=%132)=C(CC=%11C9)C3C1c1ccc(-c2cccs2)s1. The van der Waals surface area contributed by atoms with Gasteiger partial charge in [0, 0.05) is 52.1 Å². The second-order valence-corrected chi connectivity index (χ2v) is 21.9. The molecule has 5 atom stereocenters. The lowest BCUT2D eigenvalue weighted by atomic mass is 9.61. The van der Waals surface area contributed by atoms with Crippen LogP contribution >= 0.6 is 22.7 Å². The van der Waals surface area contributed by atoms with Gasteiger partial charge in [0.15, 0.2) is 0 Å². The third-order valence-corrected chi connectivity index (χ3v) is 20.1. The van der Waals surface area contributed by atoms with Gasteiger partial charge < -0.3 is 9.47 Å². The maximum atomic E-state index is 6.35. The van der Waals surface area contributed by atoms with Crippen LogP contribution in [0.4, 0.5) is 0 Å². The molecule has 12 aromatic rings. The van der Waals surface area contributed by atoms with E-state index >= 15 is 0 Å². The molecule has 6 aliphatic carbocycles. The van der Waals surface area contributed by atoms with E-state index in [9.17, 15) is 0 Å². The van der Waals surface area contributed by atoms with Crippen molar-refractivity contribution in [2.75, 3.05) is 40.0 Å². The average molecular weight is 792 g/mol. The Bertz CT molecular complexity index is 4250. The van der Waals surface area contributed by atoms with Crippen molar-refractivity contribution in [2.24, 2.45) is 17.3 Å². The molecule has 0 N–H and O–H groups in total. The highest BCUT2D eigenvalue weighted by atomic mass is 32.1. The summed E-state index contributed by atoms with van der Waals surface area (Å²) in [6.07, 6.45) is 6.28. The van der Waals surface area contributed by atoms with Gasteiger partial charge in [-0.1, -0.05) is 29.4 Å². The lowest BCUT2D eigenvalue weighted by Crippen LogP contribution is -2.46. The van der Waals surface area contributed by atoms with Crippen LogP contribution in [0.3, 0.4) is 0 Å². The summed E-state index contributed by atoms with van der Waals surface area (Å²) in [7, 11) is 1.78. The van der Waals surface area contributed by atoms with Gasteiger partial charge >= 0.3 is 0 Å². The first-order valence-electron chi connectivity index (χ1n) is 22.0. The summed E-state index contributed by atoms with van der Waals surface area (Å²) in [5.74, 6) is 1.41. The lowest BCUT2D eigenvalue weighted by molar-refractivity contribution is 0.0541. The highest BCUT2D eigenvalue weighted by Gasteiger charge is 2.65. The predicted molar refractivity (Wildman–Crippen MR) is 245 cm³/mol. The standard InChI is InChI=1S/C54H33NO2S2/c1-56-8-9-57-7-6-55-19-54-18-26-16-24-14-21-11-20-12-23-13-22-15-25-17-27(51(54)53(55)30-5-4-29(59-30)28-3-2-10-58-28)38-43-34(25)33(22)40-35(23)39-31(20)32(21)41-36(24)42-37(26)52(54)50(38)49-47(42)45(41)44(39)46(40)48(43)49/h2-5,10-14,16,26,37,51,53H,6-9,15,17-19H2,1H3. The van der Waals surface area contributed by atoms with Gasteiger partial charge in [0.05, 0.1) is 25.9 Å². The fourth-order valence-electron chi connectivity index (χ4n) is 16.8. The number of hydrogen-bond acceptors (Lipinski definition) is 5. The summed E-state index contributed by atoms with van der Waals surface area (Å²) in [6, 6.07) is 20.3. The first-order chi connectivity index (χ1) is 29.2. The highest BCUT2D eigenvalue weighted by Crippen LogP contribution is 2.73. The molecule has 3 nitrogen and oxygen atoms in total. The Morgan fingerprint density at radius 2 is 1.51 bits per heavy atom. The minimum absolute atomic E-state index is 0.0778. The number of methoxy groups -OCH3 is 1. The molecule has 1 saturated heterocycles. The zero-order chi connectivity index (χ0) is 37.3. The van der Waals surface area contributed by atoms with Crippen LogP contribution in [0.15, 0.2) is 53.9 Å². The number of benzene rings is 6. The van der Waals surface area contributed by atoms with Crippen molar-refractivity contribution in [2.45, 2.75) is 31.2 Å². The summed E-state index contributed by atoms with van der Waals surface area (Å²) in [5, 5.41) is 37.7. The molecule has 0 bridgehead atoms. The number of ether oxygens (including phenoxy) is 2. The molecule has 1 spiro atoms. The highest BCUT2D eigenvalue weighted by molar-refractivity contribution is 7.21. The normalized spacial score (nSPS) is 26.2. The Kier molecular flexibility index (Phi) is 4.37. The molecule has 5 unspecified atom stereocenters. The van der Waals surface area contributed by atoms with Crippen LogP contribution in [-0.4, -0.2) is 44.9 Å². The monoisotopic (exact) mass is 791 g/mol. The summed E-state index contributed by atoms with van der Waals surface area (Å²) in [6.45, 7) is 4.10. The van der Waals surface area contributed by atoms with E-state index in [1.807, 2.05) is 16.9 Å². The molecular formula is C54H33NO2S2. The van der Waals surface area contributed by atoms with Crippen LogP contribution in [0.5, 0.6) is 0 Å². The number of hydrogen-bond donors (Lipinski definition) is 0. The largest absolute Gasteiger partial charge is 0.382 e. The molecule has 10 aromatic carbocycles. The van der Waals surface area contributed by atoms with Gasteiger partial charge in [0.25, 0.3) is 0 Å². The van der Waals surface area contributed by atoms with Gasteiger partial charge in [-0.15, -0.1) is 22.7 Å². The van der Waals surface area contributed by atoms with E-state index < -0.39 is 0 Å². The van der Waals surface area contributed by atoms with Crippen LogP contribution in [0, 0.1) is 17.3 Å². The van der Waals surface area contributed by atoms with Crippen LogP contribution in [-0.2, 0) is 15.9 Å². The number of nitrogens with zero attached hydrogens (tertiary/aromatic N) is 1. The van der Waals surface area contributed by atoms with E-state index in [2.05, 4.69) is 76.2 Å². The van der Waals surface area contributed by atoms with Gasteiger partial charge in [0.1, 0.15) is 0 Å². The molecule has 7 aliphatic rings. The maximum absolute atomic E-state index is 6.35. The minimum Gasteiger partial charge on any atom is -0.382 e. The molecule has 2 fully saturated rings. The van der Waals surface area contributed by atoms with Crippen molar-refractivity contribution in [1.29, 1.82) is 0 Å². The van der Waals surface area contributed by atoms with Gasteiger partial charge in [-0.05, 0) is 201 Å². The van der Waals surface area contributed by atoms with Gasteiger partial charge in [-0.2, -0.15) is 0 Å². The van der Waals surface area contributed by atoms with Crippen molar-refractivity contribution in [3.63, 3.8) is 0 Å². The van der Waals surface area contributed by atoms with Crippen molar-refractivity contribution in [3.05, 3.63) is 90.8 Å². The van der Waals surface area contributed by atoms with E-state index in [1.165, 1.54) is 37.6 Å². The second kappa shape index (κ2) is 8.79. The molecule has 5 heteroatoms. The Labute approximate surface area is 344 Å². The van der Waals surface area contributed by atoms with E-state index in [-0.39, 0.29) is 5.41 Å². The van der Waals surface area contributed by atoms with E-state index in [4.69, 9.17) is 9.47 Å². The minimum atomic E-state index is 0.0778. The Balaban J connectivity index is 1.03. The van der Waals surface area contributed by atoms with Crippen LogP contribution < -0.4 is 20.9 Å². The second-order valence-electron chi connectivity index (χ2n) is 19.8. The lowest BCUT2D eigenvalue weighted by Gasteiger charge is -2.41. The fourth-order valence-corrected chi connectivity index (χ4v) is 18.8. The van der Waals surface area contributed by atoms with Crippen molar-refractivity contribution < 1.29 is 9.47 Å². The number of likely N-dealkylation sites (tertiary alicyclic amines) is 1. The summed E-state index contributed by atoms with van der Waals surface area (Å²) in [4.78, 5) is 7.28. The first kappa shape index (κ1) is 29.4. The smallest absolute Gasteiger partial charge is 0.0700 e. The molecule has 278 valence electrons. The summed E-state index contributed by atoms with van der Waals surface area (Å²) >= 11 is 3.94. The third kappa shape index (κ3) is 2.67. The van der Waals surface area contributed by atoms with Gasteiger partial charge in [-0.25, -0.2) is 0 Å². The first-order valence-corrected chi connectivity index (χ1v) is 23.6. The van der Waals surface area contributed by atoms with Crippen LogP contribution in [0.1, 0.15) is 40.8 Å². The summed E-state index contributed by atoms with van der Waals surface area (Å²) < 4.78 is 11.8. The molecule has 19 rings (SSSR count). The molecule has 0 radical (unpaired) electrons. The van der Waals surface area contributed by atoms with E-state index in [1.54, 1.807) is 131 Å². The quantitative estimate of drug-likeness (QED) is 0.113. The Morgan fingerprint density at radius 1 is 0.712 bits per heavy atom. The number of rotatable bonds is 8. The zero-order valence-corrected chi connectivity index (χ0v) is 34.0. The topological polar surface area (TPSA) is 21.7 Å². The molecule has 3 heterocycles. The Morgan fingerprint density at radius 3 is 2.39 bits per heavy atom. The number of thiophene rings is 2. The van der Waals surface area contributed by atoms with Crippen molar-refractivity contribution in [1.82, 2.24) is 4.90 Å². The van der Waals surface area contributed by atoms with E-state index in [0.29, 0.717) is 37.0 Å². The van der Waals surface area contributed by atoms with Crippen molar-refractivity contribution >= 4 is 142 Å². The number of fused-ring (bicyclic) bond motifs is 1. The molecule has 1 saturated carbocycles. The molecule has 1 aliphatic heterocycles. The molecule has 2 aromatic heterocycles. The average Bonchev–Trinajstić information content (AvgIpc) is 4.09. The maximum Gasteiger partial charge on any atom is 0.0700 e. The van der Waals surface area contributed by atoms with Crippen molar-refractivity contribution in [3.8, 4) is 9.75 Å². The predicted octanol–water partition coefficient (Wildman–Crippen LogP) is 9.58. The third-order valence-electron chi connectivity index (χ3n) is 17.9. The fraction of sp³-hybridized carbons (Fsp3) is 0.259. The summed E-state index contributed by atoms with van der Waals surface area (Å²) in [5.41, 5.74) is 8.77. The zero-order valence-electron chi connectivity index (χ0n) is 32.3. The van der Waals surface area contributed by atoms with Crippen LogP contribution in [0.25, 0.3) is 130 Å². The molecular weight excluding hydrogens is 759 g/mol. The van der Waals surface area contributed by atoms with E-state index in [0.717, 1.165) is 32.5 Å². The van der Waals surface area contributed by atoms with Crippen LogP contribution in [0.2, 0.25) is 0 Å². The van der Waals surface area contributed by atoms with Gasteiger partial charge in [-0.3, -0.25) is 4.90 Å². The van der Waals surface area contributed by atoms with Gasteiger partial charge in [0.2, 0.25) is 0 Å². The Hall–Kier alpha value is -4.88. The molecule has 59 heavy (non-hydrogen) atoms. The molecule has 0 amide bonds.